The van der Waals surface area contributed by atoms with E-state index in [0.29, 0.717) is 13.0 Å². The summed E-state index contributed by atoms with van der Waals surface area (Å²) in [5.41, 5.74) is 3.48. The van der Waals surface area contributed by atoms with Gasteiger partial charge in [-0.3, -0.25) is 9.69 Å². The summed E-state index contributed by atoms with van der Waals surface area (Å²) in [5.74, 6) is 0.0669. The minimum Gasteiger partial charge on any atom is -0.378 e. The smallest absolute Gasteiger partial charge is 0.224 e. The first-order valence-electron chi connectivity index (χ1n) is 10.7. The summed E-state index contributed by atoms with van der Waals surface area (Å²) in [6, 6.07) is 19.0. The number of likely N-dealkylation sites (N-methyl/N-ethyl adjacent to an activating group) is 1. The third-order valence-corrected chi connectivity index (χ3v) is 5.61. The van der Waals surface area contributed by atoms with Crippen LogP contribution < -0.4 is 10.2 Å². The average molecular weight is 396 g/mol. The van der Waals surface area contributed by atoms with E-state index in [1.165, 1.54) is 11.3 Å². The van der Waals surface area contributed by atoms with Crippen LogP contribution in [0.25, 0.3) is 0 Å². The molecule has 29 heavy (non-hydrogen) atoms. The maximum absolute atomic E-state index is 12.6. The maximum Gasteiger partial charge on any atom is 0.224 e. The number of hydrogen-bond acceptors (Lipinski definition) is 4. The molecule has 156 valence electrons. The molecule has 2 aromatic carbocycles. The van der Waals surface area contributed by atoms with Gasteiger partial charge in [0.1, 0.15) is 0 Å². The van der Waals surface area contributed by atoms with Crippen LogP contribution in [0.2, 0.25) is 0 Å². The van der Waals surface area contributed by atoms with Crippen molar-refractivity contribution in [2.24, 2.45) is 0 Å². The minimum absolute atomic E-state index is 0.0669. The molecular weight excluding hydrogens is 362 g/mol. The molecule has 3 rings (SSSR count). The van der Waals surface area contributed by atoms with Gasteiger partial charge in [-0.25, -0.2) is 0 Å². The number of ether oxygens (including phenoxy) is 1. The van der Waals surface area contributed by atoms with Gasteiger partial charge in [0.25, 0.3) is 0 Å². The molecule has 5 nitrogen and oxygen atoms in total. The van der Waals surface area contributed by atoms with Crippen molar-refractivity contribution in [2.45, 2.75) is 26.3 Å². The molecule has 1 fully saturated rings. The Morgan fingerprint density at radius 1 is 1.03 bits per heavy atom. The summed E-state index contributed by atoms with van der Waals surface area (Å²) in [5, 5.41) is 3.15. The summed E-state index contributed by atoms with van der Waals surface area (Å²) in [7, 11) is 0. The van der Waals surface area contributed by atoms with Gasteiger partial charge in [-0.1, -0.05) is 56.3 Å². The van der Waals surface area contributed by atoms with E-state index >= 15 is 0 Å². The van der Waals surface area contributed by atoms with Crippen molar-refractivity contribution in [1.82, 2.24) is 10.2 Å². The summed E-state index contributed by atoms with van der Waals surface area (Å²) in [4.78, 5) is 17.3. The standard InChI is InChI=1S/C24H33N3O2/c1-3-26(4-2)23(21-8-6-5-7-9-21)19-25-24(28)18-20-10-12-22(13-11-20)27-14-16-29-17-15-27/h5-13,23H,3-4,14-19H2,1-2H3,(H,25,28). The zero-order chi connectivity index (χ0) is 20.5. The molecule has 1 N–H and O–H groups in total. The van der Waals surface area contributed by atoms with Crippen LogP contribution >= 0.6 is 0 Å². The molecule has 0 aliphatic carbocycles. The molecule has 0 saturated carbocycles. The van der Waals surface area contributed by atoms with Crippen LogP contribution in [0.3, 0.4) is 0 Å². The summed E-state index contributed by atoms with van der Waals surface area (Å²) >= 11 is 0. The number of nitrogens with zero attached hydrogens (tertiary/aromatic N) is 2. The number of hydrogen-bond donors (Lipinski definition) is 1. The fourth-order valence-corrected chi connectivity index (χ4v) is 3.90. The van der Waals surface area contributed by atoms with Crippen LogP contribution in [0.4, 0.5) is 5.69 Å². The number of anilines is 1. The first kappa shape index (κ1) is 21.3. The second-order valence-electron chi connectivity index (χ2n) is 7.39. The largest absolute Gasteiger partial charge is 0.378 e. The van der Waals surface area contributed by atoms with Gasteiger partial charge in [0, 0.05) is 25.3 Å². The van der Waals surface area contributed by atoms with Gasteiger partial charge in [0.2, 0.25) is 5.91 Å². The molecule has 5 heteroatoms. The quantitative estimate of drug-likeness (QED) is 0.708. The van der Waals surface area contributed by atoms with Gasteiger partial charge in [-0.2, -0.15) is 0 Å². The summed E-state index contributed by atoms with van der Waals surface area (Å²) < 4.78 is 5.41. The Balaban J connectivity index is 1.56. The topological polar surface area (TPSA) is 44.8 Å². The minimum atomic E-state index is 0.0669. The third kappa shape index (κ3) is 6.05. The second kappa shape index (κ2) is 11.0. The normalized spacial score (nSPS) is 15.3. The van der Waals surface area contributed by atoms with Crippen LogP contribution in [0.1, 0.15) is 31.0 Å². The van der Waals surface area contributed by atoms with Crippen LogP contribution in [-0.2, 0) is 16.0 Å². The molecule has 0 spiro atoms. The molecule has 1 aliphatic heterocycles. The monoisotopic (exact) mass is 395 g/mol. The van der Waals surface area contributed by atoms with Gasteiger partial charge < -0.3 is 15.0 Å². The van der Waals surface area contributed by atoms with Crippen LogP contribution in [0.5, 0.6) is 0 Å². The molecule has 0 bridgehead atoms. The van der Waals surface area contributed by atoms with Crippen LogP contribution in [0, 0.1) is 0 Å². The Morgan fingerprint density at radius 3 is 2.31 bits per heavy atom. The highest BCUT2D eigenvalue weighted by Gasteiger charge is 2.18. The number of carbonyl (C=O) groups is 1. The number of morpholine rings is 1. The average Bonchev–Trinajstić information content (AvgIpc) is 2.78. The van der Waals surface area contributed by atoms with Gasteiger partial charge in [0.05, 0.1) is 25.7 Å². The van der Waals surface area contributed by atoms with Crippen molar-refractivity contribution in [3.05, 3.63) is 65.7 Å². The van der Waals surface area contributed by atoms with E-state index in [-0.39, 0.29) is 11.9 Å². The van der Waals surface area contributed by atoms with E-state index in [1.807, 2.05) is 6.07 Å². The van der Waals surface area contributed by atoms with E-state index in [0.717, 1.165) is 45.0 Å². The molecule has 1 aliphatic rings. The fraction of sp³-hybridized carbons (Fsp3) is 0.458. The zero-order valence-electron chi connectivity index (χ0n) is 17.6. The van der Waals surface area contributed by atoms with E-state index in [1.54, 1.807) is 0 Å². The highest BCUT2D eigenvalue weighted by molar-refractivity contribution is 5.78. The van der Waals surface area contributed by atoms with Crippen LogP contribution in [-0.4, -0.2) is 56.7 Å². The second-order valence-corrected chi connectivity index (χ2v) is 7.39. The lowest BCUT2D eigenvalue weighted by Gasteiger charge is -2.30. The molecular formula is C24H33N3O2. The summed E-state index contributed by atoms with van der Waals surface area (Å²) in [6.45, 7) is 10.3. The Morgan fingerprint density at radius 2 is 1.69 bits per heavy atom. The Labute approximate surface area is 174 Å². The molecule has 1 unspecified atom stereocenters. The first-order valence-corrected chi connectivity index (χ1v) is 10.7. The molecule has 1 heterocycles. The molecule has 0 aromatic heterocycles. The highest BCUT2D eigenvalue weighted by atomic mass is 16.5. The van der Waals surface area contributed by atoms with E-state index in [9.17, 15) is 4.79 Å². The molecule has 0 radical (unpaired) electrons. The first-order chi connectivity index (χ1) is 14.2. The molecule has 1 amide bonds. The maximum atomic E-state index is 12.6. The van der Waals surface area contributed by atoms with Crippen molar-refractivity contribution in [2.75, 3.05) is 50.8 Å². The SMILES string of the molecule is CCN(CC)C(CNC(=O)Cc1ccc(N2CCOCC2)cc1)c1ccccc1. The predicted molar refractivity (Wildman–Crippen MR) is 118 cm³/mol. The van der Waals surface area contributed by atoms with E-state index < -0.39 is 0 Å². The zero-order valence-corrected chi connectivity index (χ0v) is 17.6. The highest BCUT2D eigenvalue weighted by Crippen LogP contribution is 2.20. The molecule has 2 aromatic rings. The van der Waals surface area contributed by atoms with Gasteiger partial charge >= 0.3 is 0 Å². The van der Waals surface area contributed by atoms with E-state index in [4.69, 9.17) is 4.74 Å². The number of carbonyl (C=O) groups excluding carboxylic acids is 1. The lowest BCUT2D eigenvalue weighted by molar-refractivity contribution is -0.120. The van der Waals surface area contributed by atoms with Crippen molar-refractivity contribution >= 4 is 11.6 Å². The van der Waals surface area contributed by atoms with Gasteiger partial charge in [-0.15, -0.1) is 0 Å². The Bertz CT molecular complexity index is 738. The lowest BCUT2D eigenvalue weighted by Crippen LogP contribution is -2.38. The van der Waals surface area contributed by atoms with Crippen LogP contribution in [0.15, 0.2) is 54.6 Å². The lowest BCUT2D eigenvalue weighted by atomic mass is 10.0. The van der Waals surface area contributed by atoms with Crippen molar-refractivity contribution < 1.29 is 9.53 Å². The number of nitrogens with one attached hydrogen (secondary N) is 1. The van der Waals surface area contributed by atoms with Crippen molar-refractivity contribution in [3.8, 4) is 0 Å². The van der Waals surface area contributed by atoms with Gasteiger partial charge in [-0.05, 0) is 36.3 Å². The van der Waals surface area contributed by atoms with E-state index in [2.05, 4.69) is 77.5 Å². The van der Waals surface area contributed by atoms with Crippen molar-refractivity contribution in [3.63, 3.8) is 0 Å². The van der Waals surface area contributed by atoms with Crippen molar-refractivity contribution in [1.29, 1.82) is 0 Å². The number of amides is 1. The number of rotatable bonds is 9. The number of benzene rings is 2. The molecule has 1 atom stereocenters. The molecule has 1 saturated heterocycles. The Hall–Kier alpha value is -2.37. The Kier molecular flexibility index (Phi) is 8.08. The predicted octanol–water partition coefficient (Wildman–Crippen LogP) is 3.27. The fourth-order valence-electron chi connectivity index (χ4n) is 3.90. The summed E-state index contributed by atoms with van der Waals surface area (Å²) in [6.07, 6.45) is 0.406. The van der Waals surface area contributed by atoms with Gasteiger partial charge in [0.15, 0.2) is 0 Å². The third-order valence-electron chi connectivity index (χ3n) is 5.61.